The van der Waals surface area contributed by atoms with Crippen LogP contribution in [0, 0.1) is 0 Å². The highest BCUT2D eigenvalue weighted by molar-refractivity contribution is 5.94. The number of halogens is 3. The Labute approximate surface area is 127 Å². The fraction of sp³-hybridized carbons (Fsp3) is 0.533. The first-order valence-electron chi connectivity index (χ1n) is 7.24. The second-order valence-electron chi connectivity index (χ2n) is 5.33. The van der Waals surface area contributed by atoms with Crippen LogP contribution in [0.2, 0.25) is 0 Å². The minimum Gasteiger partial charge on any atom is -0.355 e. The van der Waals surface area contributed by atoms with Crippen molar-refractivity contribution in [3.05, 3.63) is 35.4 Å². The van der Waals surface area contributed by atoms with Crippen molar-refractivity contribution in [2.45, 2.75) is 18.6 Å². The van der Waals surface area contributed by atoms with Crippen molar-refractivity contribution in [1.29, 1.82) is 0 Å². The maximum Gasteiger partial charge on any atom is 0.390 e. The summed E-state index contributed by atoms with van der Waals surface area (Å²) < 4.78 is 37.4. The quantitative estimate of drug-likeness (QED) is 0.892. The molecule has 2 rings (SSSR count). The van der Waals surface area contributed by atoms with Gasteiger partial charge in [-0.3, -0.25) is 9.69 Å². The van der Waals surface area contributed by atoms with E-state index in [2.05, 4.69) is 10.6 Å². The lowest BCUT2D eigenvalue weighted by molar-refractivity contribution is -0.139. The minimum absolute atomic E-state index is 0.0277. The molecule has 1 aromatic carbocycles. The van der Waals surface area contributed by atoms with Crippen molar-refractivity contribution in [2.75, 3.05) is 33.2 Å². The highest BCUT2D eigenvalue weighted by Gasteiger charge is 2.31. The van der Waals surface area contributed by atoms with Gasteiger partial charge in [0.05, 0.1) is 6.42 Å². The van der Waals surface area contributed by atoms with Gasteiger partial charge in [0.2, 0.25) is 0 Å². The number of hydrogen-bond acceptors (Lipinski definition) is 3. The van der Waals surface area contributed by atoms with Crippen molar-refractivity contribution in [3.63, 3.8) is 0 Å². The van der Waals surface area contributed by atoms with Gasteiger partial charge in [0.1, 0.15) is 0 Å². The summed E-state index contributed by atoms with van der Waals surface area (Å²) >= 11 is 0. The highest BCUT2D eigenvalue weighted by atomic mass is 19.4. The summed E-state index contributed by atoms with van der Waals surface area (Å²) in [7, 11) is 1.55. The van der Waals surface area contributed by atoms with E-state index in [1.165, 1.54) is 0 Å². The number of alkyl halides is 3. The van der Waals surface area contributed by atoms with Crippen molar-refractivity contribution in [1.82, 2.24) is 15.5 Å². The van der Waals surface area contributed by atoms with Crippen molar-refractivity contribution in [3.8, 4) is 0 Å². The summed E-state index contributed by atoms with van der Waals surface area (Å²) in [5.74, 6) is -0.201. The van der Waals surface area contributed by atoms with Crippen molar-refractivity contribution < 1.29 is 18.0 Å². The number of nitrogens with zero attached hydrogens (tertiary/aromatic N) is 1. The Hall–Kier alpha value is -1.60. The molecular formula is C15H20F3N3O. The van der Waals surface area contributed by atoms with E-state index in [0.717, 1.165) is 5.56 Å². The molecule has 4 nitrogen and oxygen atoms in total. The molecule has 2 N–H and O–H groups in total. The standard InChI is InChI=1S/C15H20F3N3O/c1-19-14(22)12-4-2-3-11(9-12)13-10-20-6-8-21(13)7-5-15(16,17)18/h2-4,9,13,20H,5-8,10H2,1H3,(H,19,22). The number of piperazine rings is 1. The zero-order chi connectivity index (χ0) is 16.2. The average Bonchev–Trinajstić information content (AvgIpc) is 2.52. The van der Waals surface area contributed by atoms with Crippen molar-refractivity contribution in [2.24, 2.45) is 0 Å². The lowest BCUT2D eigenvalue weighted by Crippen LogP contribution is -2.47. The smallest absolute Gasteiger partial charge is 0.355 e. The van der Waals surface area contributed by atoms with E-state index in [-0.39, 0.29) is 18.5 Å². The van der Waals surface area contributed by atoms with Gasteiger partial charge < -0.3 is 10.6 Å². The molecule has 1 heterocycles. The van der Waals surface area contributed by atoms with Gasteiger partial charge in [-0.25, -0.2) is 0 Å². The molecule has 0 aromatic heterocycles. The first-order chi connectivity index (χ1) is 10.4. The van der Waals surface area contributed by atoms with Gasteiger partial charge >= 0.3 is 6.18 Å². The third-order valence-corrected chi connectivity index (χ3v) is 3.80. The monoisotopic (exact) mass is 315 g/mol. The fourth-order valence-electron chi connectivity index (χ4n) is 2.64. The zero-order valence-corrected chi connectivity index (χ0v) is 12.4. The number of nitrogens with one attached hydrogen (secondary N) is 2. The minimum atomic E-state index is -4.15. The summed E-state index contributed by atoms with van der Waals surface area (Å²) in [5, 5.41) is 5.75. The Bertz CT molecular complexity index is 519. The lowest BCUT2D eigenvalue weighted by atomic mass is 10.0. The molecule has 0 saturated carbocycles. The number of hydrogen-bond donors (Lipinski definition) is 2. The zero-order valence-electron chi connectivity index (χ0n) is 12.4. The maximum atomic E-state index is 12.5. The summed E-state index contributed by atoms with van der Waals surface area (Å²) in [6.45, 7) is 1.78. The maximum absolute atomic E-state index is 12.5. The topological polar surface area (TPSA) is 44.4 Å². The normalized spacial score (nSPS) is 19.9. The Morgan fingerprint density at radius 2 is 2.23 bits per heavy atom. The van der Waals surface area contributed by atoms with Gasteiger partial charge in [0.25, 0.3) is 5.91 Å². The van der Waals surface area contributed by atoms with Crippen LogP contribution in [0.1, 0.15) is 28.4 Å². The number of rotatable bonds is 4. The van der Waals surface area contributed by atoms with E-state index in [1.807, 2.05) is 11.0 Å². The van der Waals surface area contributed by atoms with Crippen LogP contribution in [0.5, 0.6) is 0 Å². The van der Waals surface area contributed by atoms with E-state index in [9.17, 15) is 18.0 Å². The number of carbonyl (C=O) groups excluding carboxylic acids is 1. The van der Waals surface area contributed by atoms with Gasteiger partial charge in [-0.15, -0.1) is 0 Å². The molecule has 7 heteroatoms. The largest absolute Gasteiger partial charge is 0.390 e. The third kappa shape index (κ3) is 4.45. The fourth-order valence-corrected chi connectivity index (χ4v) is 2.64. The predicted octanol–water partition coefficient (Wildman–Crippen LogP) is 1.94. The molecular weight excluding hydrogens is 295 g/mol. The summed E-state index contributed by atoms with van der Waals surface area (Å²) in [4.78, 5) is 13.5. The molecule has 0 aliphatic carbocycles. The molecule has 1 atom stereocenters. The molecule has 122 valence electrons. The Morgan fingerprint density at radius 3 is 2.91 bits per heavy atom. The Kier molecular flexibility index (Phi) is 5.42. The molecule has 1 unspecified atom stereocenters. The molecule has 1 aliphatic heterocycles. The van der Waals surface area contributed by atoms with E-state index < -0.39 is 12.6 Å². The molecule has 0 spiro atoms. The van der Waals surface area contributed by atoms with Gasteiger partial charge in [0, 0.05) is 44.8 Å². The predicted molar refractivity (Wildman–Crippen MR) is 77.7 cm³/mol. The molecule has 1 aromatic rings. The SMILES string of the molecule is CNC(=O)c1cccc(C2CNCCN2CCC(F)(F)F)c1. The second-order valence-corrected chi connectivity index (χ2v) is 5.33. The van der Waals surface area contributed by atoms with Crippen LogP contribution in [0.3, 0.4) is 0 Å². The van der Waals surface area contributed by atoms with Crippen molar-refractivity contribution >= 4 is 5.91 Å². The van der Waals surface area contributed by atoms with Crippen LogP contribution in [-0.4, -0.2) is 50.2 Å². The summed E-state index contributed by atoms with van der Waals surface area (Å²) in [6, 6.07) is 6.90. The summed E-state index contributed by atoms with van der Waals surface area (Å²) in [6.07, 6.45) is -4.97. The van der Waals surface area contributed by atoms with Crippen LogP contribution >= 0.6 is 0 Å². The summed E-state index contributed by atoms with van der Waals surface area (Å²) in [5.41, 5.74) is 1.37. The molecule has 0 radical (unpaired) electrons. The number of benzene rings is 1. The van der Waals surface area contributed by atoms with E-state index in [4.69, 9.17) is 0 Å². The van der Waals surface area contributed by atoms with E-state index in [1.54, 1.807) is 25.2 Å². The first kappa shape index (κ1) is 16.8. The van der Waals surface area contributed by atoms with Crippen LogP contribution in [0.15, 0.2) is 24.3 Å². The first-order valence-corrected chi connectivity index (χ1v) is 7.24. The third-order valence-electron chi connectivity index (χ3n) is 3.80. The van der Waals surface area contributed by atoms with Gasteiger partial charge in [-0.05, 0) is 17.7 Å². The molecule has 22 heavy (non-hydrogen) atoms. The average molecular weight is 315 g/mol. The molecule has 1 amide bonds. The van der Waals surface area contributed by atoms with Crippen LogP contribution in [0.25, 0.3) is 0 Å². The molecule has 1 aliphatic rings. The van der Waals surface area contributed by atoms with Gasteiger partial charge in [0.15, 0.2) is 0 Å². The molecule has 0 bridgehead atoms. The molecule has 1 fully saturated rings. The van der Waals surface area contributed by atoms with E-state index in [0.29, 0.717) is 25.2 Å². The number of amides is 1. The van der Waals surface area contributed by atoms with E-state index >= 15 is 0 Å². The number of carbonyl (C=O) groups is 1. The van der Waals surface area contributed by atoms with Crippen LogP contribution < -0.4 is 10.6 Å². The highest BCUT2D eigenvalue weighted by Crippen LogP contribution is 2.26. The lowest BCUT2D eigenvalue weighted by Gasteiger charge is -2.36. The van der Waals surface area contributed by atoms with Crippen LogP contribution in [0.4, 0.5) is 13.2 Å². The second kappa shape index (κ2) is 7.11. The Balaban J connectivity index is 2.15. The van der Waals surface area contributed by atoms with Crippen LogP contribution in [-0.2, 0) is 0 Å². The molecule has 1 saturated heterocycles. The Morgan fingerprint density at radius 1 is 1.45 bits per heavy atom. The van der Waals surface area contributed by atoms with Gasteiger partial charge in [-0.2, -0.15) is 13.2 Å². The van der Waals surface area contributed by atoms with Gasteiger partial charge in [-0.1, -0.05) is 12.1 Å².